The molecule has 29 heavy (non-hydrogen) atoms. The minimum Gasteiger partial charge on any atom is -0.391 e. The SMILES string of the molecule is CC(=O)N1CCC(c2cc(Nc3cnc(C)cn3)nc(N3CCC(O)C3)c2)CC1. The molecule has 4 heterocycles. The van der Waals surface area contributed by atoms with E-state index in [9.17, 15) is 9.90 Å². The molecule has 2 aromatic heterocycles. The Labute approximate surface area is 171 Å². The van der Waals surface area contributed by atoms with Gasteiger partial charge in [-0.2, -0.15) is 0 Å². The molecule has 1 atom stereocenters. The van der Waals surface area contributed by atoms with Crippen molar-refractivity contribution < 1.29 is 9.90 Å². The molecule has 2 aliphatic heterocycles. The number of hydrogen-bond donors (Lipinski definition) is 2. The number of likely N-dealkylation sites (tertiary alicyclic amines) is 1. The van der Waals surface area contributed by atoms with Crippen LogP contribution in [0.15, 0.2) is 24.5 Å². The predicted octanol–water partition coefficient (Wildman–Crippen LogP) is 2.22. The Kier molecular flexibility index (Phi) is 5.62. The molecule has 154 valence electrons. The summed E-state index contributed by atoms with van der Waals surface area (Å²) in [5, 5.41) is 13.2. The zero-order valence-corrected chi connectivity index (χ0v) is 17.0. The first-order chi connectivity index (χ1) is 14.0. The average Bonchev–Trinajstić information content (AvgIpc) is 3.16. The van der Waals surface area contributed by atoms with Crippen molar-refractivity contribution in [2.75, 3.05) is 36.4 Å². The lowest BCUT2D eigenvalue weighted by atomic mass is 9.89. The van der Waals surface area contributed by atoms with Crippen molar-refractivity contribution in [3.05, 3.63) is 35.8 Å². The van der Waals surface area contributed by atoms with Crippen LogP contribution in [0.2, 0.25) is 0 Å². The number of aliphatic hydroxyl groups excluding tert-OH is 1. The molecule has 2 N–H and O–H groups in total. The summed E-state index contributed by atoms with van der Waals surface area (Å²) in [6.07, 6.45) is 5.76. The molecule has 2 saturated heterocycles. The van der Waals surface area contributed by atoms with E-state index in [1.165, 1.54) is 5.56 Å². The maximum Gasteiger partial charge on any atom is 0.219 e. The maximum atomic E-state index is 11.6. The highest BCUT2D eigenvalue weighted by Crippen LogP contribution is 2.33. The number of aliphatic hydroxyl groups is 1. The van der Waals surface area contributed by atoms with Gasteiger partial charge < -0.3 is 20.2 Å². The van der Waals surface area contributed by atoms with E-state index in [4.69, 9.17) is 4.98 Å². The van der Waals surface area contributed by atoms with Gasteiger partial charge in [-0.1, -0.05) is 0 Å². The van der Waals surface area contributed by atoms with Crippen LogP contribution in [-0.2, 0) is 4.79 Å². The quantitative estimate of drug-likeness (QED) is 0.818. The van der Waals surface area contributed by atoms with Gasteiger partial charge in [-0.3, -0.25) is 9.78 Å². The Morgan fingerprint density at radius 1 is 1.10 bits per heavy atom. The number of aromatic nitrogens is 3. The second-order valence-electron chi connectivity index (χ2n) is 7.98. The molecule has 8 nitrogen and oxygen atoms in total. The van der Waals surface area contributed by atoms with Crippen LogP contribution in [0.1, 0.15) is 43.4 Å². The van der Waals surface area contributed by atoms with E-state index in [0.717, 1.165) is 56.2 Å². The van der Waals surface area contributed by atoms with E-state index in [1.54, 1.807) is 19.3 Å². The lowest BCUT2D eigenvalue weighted by Crippen LogP contribution is -2.36. The zero-order chi connectivity index (χ0) is 20.4. The fourth-order valence-corrected chi connectivity index (χ4v) is 4.06. The van der Waals surface area contributed by atoms with E-state index in [2.05, 4.69) is 32.3 Å². The number of rotatable bonds is 4. The van der Waals surface area contributed by atoms with Crippen molar-refractivity contribution in [1.29, 1.82) is 0 Å². The van der Waals surface area contributed by atoms with Crippen molar-refractivity contribution in [3.63, 3.8) is 0 Å². The second kappa shape index (κ2) is 8.32. The minimum absolute atomic E-state index is 0.144. The van der Waals surface area contributed by atoms with E-state index in [1.807, 2.05) is 11.8 Å². The molecule has 0 saturated carbocycles. The Morgan fingerprint density at radius 2 is 1.90 bits per heavy atom. The first kappa shape index (κ1) is 19.6. The van der Waals surface area contributed by atoms with Crippen molar-refractivity contribution in [2.45, 2.75) is 45.1 Å². The summed E-state index contributed by atoms with van der Waals surface area (Å²) in [5.74, 6) is 2.77. The van der Waals surface area contributed by atoms with Gasteiger partial charge in [0.15, 0.2) is 0 Å². The number of aryl methyl sites for hydroxylation is 1. The molecule has 0 aliphatic carbocycles. The Morgan fingerprint density at radius 3 is 2.52 bits per heavy atom. The lowest BCUT2D eigenvalue weighted by molar-refractivity contribution is -0.129. The number of nitrogens with zero attached hydrogens (tertiary/aromatic N) is 5. The number of nitrogens with one attached hydrogen (secondary N) is 1. The van der Waals surface area contributed by atoms with Crippen LogP contribution in [0.3, 0.4) is 0 Å². The van der Waals surface area contributed by atoms with Gasteiger partial charge in [0.25, 0.3) is 0 Å². The largest absolute Gasteiger partial charge is 0.391 e. The summed E-state index contributed by atoms with van der Waals surface area (Å²) in [5.41, 5.74) is 2.07. The van der Waals surface area contributed by atoms with Crippen LogP contribution in [0.25, 0.3) is 0 Å². The highest BCUT2D eigenvalue weighted by Gasteiger charge is 2.26. The number of β-amino-alcohol motifs (C(OH)–C–C–N with tert-alkyl or cyclic N) is 1. The van der Waals surface area contributed by atoms with Crippen LogP contribution < -0.4 is 10.2 Å². The van der Waals surface area contributed by atoms with Crippen LogP contribution in [0.5, 0.6) is 0 Å². The fraction of sp³-hybridized carbons (Fsp3) is 0.524. The average molecular weight is 396 g/mol. The van der Waals surface area contributed by atoms with E-state index < -0.39 is 0 Å². The van der Waals surface area contributed by atoms with Crippen molar-refractivity contribution in [3.8, 4) is 0 Å². The number of carbonyl (C=O) groups excluding carboxylic acids is 1. The topological polar surface area (TPSA) is 94.5 Å². The monoisotopic (exact) mass is 396 g/mol. The van der Waals surface area contributed by atoms with Gasteiger partial charge in [0.05, 0.1) is 24.2 Å². The van der Waals surface area contributed by atoms with Gasteiger partial charge in [0.2, 0.25) is 5.91 Å². The number of carbonyl (C=O) groups is 1. The molecule has 2 aliphatic rings. The van der Waals surface area contributed by atoms with E-state index in [-0.39, 0.29) is 12.0 Å². The number of amides is 1. The van der Waals surface area contributed by atoms with Crippen molar-refractivity contribution in [1.82, 2.24) is 19.9 Å². The summed E-state index contributed by atoms with van der Waals surface area (Å²) >= 11 is 0. The van der Waals surface area contributed by atoms with Gasteiger partial charge in [-0.05, 0) is 49.8 Å². The van der Waals surface area contributed by atoms with Crippen LogP contribution >= 0.6 is 0 Å². The van der Waals surface area contributed by atoms with Gasteiger partial charge in [0, 0.05) is 33.1 Å². The zero-order valence-electron chi connectivity index (χ0n) is 17.0. The number of anilines is 3. The van der Waals surface area contributed by atoms with Crippen molar-refractivity contribution >= 4 is 23.4 Å². The molecule has 2 aromatic rings. The molecule has 1 amide bonds. The third-order valence-corrected chi connectivity index (χ3v) is 5.77. The first-order valence-electron chi connectivity index (χ1n) is 10.2. The summed E-state index contributed by atoms with van der Waals surface area (Å²) < 4.78 is 0. The van der Waals surface area contributed by atoms with E-state index in [0.29, 0.717) is 18.3 Å². The Balaban J connectivity index is 1.59. The molecule has 1 unspecified atom stereocenters. The second-order valence-corrected chi connectivity index (χ2v) is 7.98. The molecular formula is C21H28N6O2. The highest BCUT2D eigenvalue weighted by atomic mass is 16.3. The molecular weight excluding hydrogens is 368 g/mol. The van der Waals surface area contributed by atoms with E-state index >= 15 is 0 Å². The molecule has 4 rings (SSSR count). The van der Waals surface area contributed by atoms with Crippen molar-refractivity contribution in [2.24, 2.45) is 0 Å². The Bertz CT molecular complexity index is 864. The van der Waals surface area contributed by atoms with Crippen LogP contribution in [-0.4, -0.2) is 63.1 Å². The van der Waals surface area contributed by atoms with Gasteiger partial charge in [-0.25, -0.2) is 9.97 Å². The lowest BCUT2D eigenvalue weighted by Gasteiger charge is -2.32. The fourth-order valence-electron chi connectivity index (χ4n) is 4.06. The van der Waals surface area contributed by atoms with Gasteiger partial charge in [0.1, 0.15) is 17.5 Å². The summed E-state index contributed by atoms with van der Waals surface area (Å²) in [4.78, 5) is 29.1. The molecule has 0 radical (unpaired) electrons. The van der Waals surface area contributed by atoms with Crippen LogP contribution in [0.4, 0.5) is 17.5 Å². The normalized spacial score (nSPS) is 20.2. The molecule has 2 fully saturated rings. The predicted molar refractivity (Wildman–Crippen MR) is 111 cm³/mol. The highest BCUT2D eigenvalue weighted by molar-refractivity contribution is 5.73. The third kappa shape index (κ3) is 4.64. The standard InChI is InChI=1S/C21H28N6O2/c1-14-11-23-20(12-22-14)24-19-9-17(16-3-6-26(7-4-16)15(2)28)10-21(25-19)27-8-5-18(29)13-27/h9-12,16,18,29H,3-8,13H2,1-2H3,(H,23,24,25). The summed E-state index contributed by atoms with van der Waals surface area (Å²) in [7, 11) is 0. The molecule has 8 heteroatoms. The van der Waals surface area contributed by atoms with Gasteiger partial charge >= 0.3 is 0 Å². The third-order valence-electron chi connectivity index (χ3n) is 5.77. The molecule has 0 bridgehead atoms. The number of piperidine rings is 1. The number of hydrogen-bond acceptors (Lipinski definition) is 7. The Hall–Kier alpha value is -2.74. The van der Waals surface area contributed by atoms with Crippen LogP contribution in [0, 0.1) is 6.92 Å². The van der Waals surface area contributed by atoms with Gasteiger partial charge in [-0.15, -0.1) is 0 Å². The first-order valence-corrected chi connectivity index (χ1v) is 10.2. The maximum absolute atomic E-state index is 11.6. The minimum atomic E-state index is -0.307. The molecule has 0 aromatic carbocycles. The summed E-state index contributed by atoms with van der Waals surface area (Å²) in [6, 6.07) is 4.21. The summed E-state index contributed by atoms with van der Waals surface area (Å²) in [6.45, 7) is 6.50. The molecule has 0 spiro atoms. The smallest absolute Gasteiger partial charge is 0.219 e. The number of pyridine rings is 1.